The zero-order valence-corrected chi connectivity index (χ0v) is 17.8. The maximum absolute atomic E-state index is 13.4. The van der Waals surface area contributed by atoms with E-state index < -0.39 is 0 Å². The van der Waals surface area contributed by atoms with Crippen LogP contribution in [0, 0.1) is 5.82 Å². The largest absolute Gasteiger partial charge is 0.309 e. The molecule has 5 aromatic rings. The Labute approximate surface area is 184 Å². The van der Waals surface area contributed by atoms with Crippen molar-refractivity contribution in [3.05, 3.63) is 93.6 Å². The van der Waals surface area contributed by atoms with Crippen molar-refractivity contribution in [2.45, 2.75) is 17.5 Å². The third-order valence-corrected chi connectivity index (χ3v) is 6.59. The van der Waals surface area contributed by atoms with Gasteiger partial charge in [-0.2, -0.15) is 0 Å². The van der Waals surface area contributed by atoms with Crippen LogP contribution in [0.1, 0.15) is 11.4 Å². The molecule has 0 spiro atoms. The molecule has 31 heavy (non-hydrogen) atoms. The number of aromatic nitrogens is 5. The average Bonchev–Trinajstić information content (AvgIpc) is 3.41. The van der Waals surface area contributed by atoms with E-state index in [-0.39, 0.29) is 11.4 Å². The van der Waals surface area contributed by atoms with Crippen LogP contribution in [0.2, 0.25) is 0 Å². The van der Waals surface area contributed by atoms with Gasteiger partial charge in [0.05, 0.1) is 17.8 Å². The van der Waals surface area contributed by atoms with Crippen molar-refractivity contribution in [2.24, 2.45) is 0 Å². The summed E-state index contributed by atoms with van der Waals surface area (Å²) >= 11 is 2.82. The number of thiophene rings is 1. The standard InChI is InChI=1S/C22H16FN5OS2/c23-16-8-6-15(7-9-16)20-26-27-22(28(20)12-14-4-2-1-3-5-14)31-13-18-24-17-10-11-30-19(17)21(29)25-18/h1-11H,12-13H2,(H,24,25,29). The monoisotopic (exact) mass is 449 g/mol. The van der Waals surface area contributed by atoms with Gasteiger partial charge >= 0.3 is 0 Å². The molecule has 1 N–H and O–H groups in total. The maximum Gasteiger partial charge on any atom is 0.268 e. The molecule has 0 atom stereocenters. The van der Waals surface area contributed by atoms with Gasteiger partial charge in [0.1, 0.15) is 16.3 Å². The van der Waals surface area contributed by atoms with Gasteiger partial charge in [-0.25, -0.2) is 9.37 Å². The Morgan fingerprint density at radius 3 is 2.65 bits per heavy atom. The van der Waals surface area contributed by atoms with Crippen LogP contribution in [0.3, 0.4) is 0 Å². The van der Waals surface area contributed by atoms with E-state index in [4.69, 9.17) is 0 Å². The van der Waals surface area contributed by atoms with Gasteiger partial charge in [-0.3, -0.25) is 9.36 Å². The number of halogens is 1. The van der Waals surface area contributed by atoms with Crippen molar-refractivity contribution in [1.29, 1.82) is 0 Å². The van der Waals surface area contributed by atoms with Crippen LogP contribution in [0.4, 0.5) is 4.39 Å². The molecule has 0 aliphatic rings. The number of nitrogens with one attached hydrogen (secondary N) is 1. The van der Waals surface area contributed by atoms with Crippen LogP contribution in [-0.4, -0.2) is 24.7 Å². The van der Waals surface area contributed by atoms with E-state index in [0.717, 1.165) is 11.1 Å². The van der Waals surface area contributed by atoms with Crippen molar-refractivity contribution < 1.29 is 4.39 Å². The van der Waals surface area contributed by atoms with Crippen LogP contribution in [0.15, 0.2) is 76.0 Å². The van der Waals surface area contributed by atoms with Gasteiger partial charge in [-0.1, -0.05) is 42.1 Å². The Balaban J connectivity index is 1.48. The molecule has 0 saturated carbocycles. The fraction of sp³-hybridized carbons (Fsp3) is 0.0909. The number of H-pyrrole nitrogens is 1. The van der Waals surface area contributed by atoms with Crippen molar-refractivity contribution >= 4 is 33.3 Å². The summed E-state index contributed by atoms with van der Waals surface area (Å²) in [5.74, 6) is 1.38. The average molecular weight is 450 g/mol. The van der Waals surface area contributed by atoms with E-state index in [1.807, 2.05) is 46.3 Å². The first kappa shape index (κ1) is 19.7. The van der Waals surface area contributed by atoms with Crippen LogP contribution >= 0.6 is 23.1 Å². The fourth-order valence-electron chi connectivity index (χ4n) is 3.24. The lowest BCUT2D eigenvalue weighted by molar-refractivity contribution is 0.628. The van der Waals surface area contributed by atoms with E-state index in [2.05, 4.69) is 20.2 Å². The Hall–Kier alpha value is -3.30. The lowest BCUT2D eigenvalue weighted by Crippen LogP contribution is -2.10. The van der Waals surface area contributed by atoms with Gasteiger partial charge in [-0.05, 0) is 41.3 Å². The molecule has 2 aromatic carbocycles. The number of nitrogens with zero attached hydrogens (tertiary/aromatic N) is 4. The minimum Gasteiger partial charge on any atom is -0.309 e. The number of benzene rings is 2. The van der Waals surface area contributed by atoms with Crippen molar-refractivity contribution in [3.63, 3.8) is 0 Å². The number of hydrogen-bond acceptors (Lipinski definition) is 6. The first-order valence-electron chi connectivity index (χ1n) is 9.49. The van der Waals surface area contributed by atoms with Crippen molar-refractivity contribution in [1.82, 2.24) is 24.7 Å². The number of aromatic amines is 1. The molecular formula is C22H16FN5OS2. The molecule has 0 unspecified atom stereocenters. The second-order valence-electron chi connectivity index (χ2n) is 6.82. The molecule has 3 aromatic heterocycles. The maximum atomic E-state index is 13.4. The summed E-state index contributed by atoms with van der Waals surface area (Å²) in [6, 6.07) is 18.0. The van der Waals surface area contributed by atoms with E-state index in [1.165, 1.54) is 35.2 Å². The van der Waals surface area contributed by atoms with E-state index in [1.54, 1.807) is 12.1 Å². The summed E-state index contributed by atoms with van der Waals surface area (Å²) in [5, 5.41) is 11.3. The van der Waals surface area contributed by atoms with Gasteiger partial charge in [0.25, 0.3) is 5.56 Å². The fourth-order valence-corrected chi connectivity index (χ4v) is 4.77. The van der Waals surface area contributed by atoms with Gasteiger partial charge in [-0.15, -0.1) is 21.5 Å². The Morgan fingerprint density at radius 2 is 1.84 bits per heavy atom. The summed E-state index contributed by atoms with van der Waals surface area (Å²) < 4.78 is 16.0. The van der Waals surface area contributed by atoms with Crippen LogP contribution in [-0.2, 0) is 12.3 Å². The molecule has 0 amide bonds. The topological polar surface area (TPSA) is 76.5 Å². The highest BCUT2D eigenvalue weighted by Gasteiger charge is 2.16. The van der Waals surface area contributed by atoms with Crippen LogP contribution < -0.4 is 5.56 Å². The Kier molecular flexibility index (Phi) is 5.35. The number of fused-ring (bicyclic) bond motifs is 1. The molecule has 0 saturated heterocycles. The summed E-state index contributed by atoms with van der Waals surface area (Å²) in [4.78, 5) is 19.6. The second-order valence-corrected chi connectivity index (χ2v) is 8.68. The highest BCUT2D eigenvalue weighted by molar-refractivity contribution is 7.98. The highest BCUT2D eigenvalue weighted by Crippen LogP contribution is 2.27. The summed E-state index contributed by atoms with van der Waals surface area (Å²) in [5.41, 5.74) is 2.44. The minimum atomic E-state index is -0.300. The number of thioether (sulfide) groups is 1. The lowest BCUT2D eigenvalue weighted by Gasteiger charge is -2.10. The van der Waals surface area contributed by atoms with Crippen LogP contribution in [0.5, 0.6) is 0 Å². The molecular weight excluding hydrogens is 433 g/mol. The number of rotatable bonds is 6. The molecule has 5 rings (SSSR count). The first-order chi connectivity index (χ1) is 15.2. The first-order valence-corrected chi connectivity index (χ1v) is 11.4. The molecule has 0 aliphatic heterocycles. The summed E-state index contributed by atoms with van der Waals surface area (Å²) in [6.07, 6.45) is 0. The Bertz CT molecular complexity index is 1390. The molecule has 154 valence electrons. The zero-order valence-electron chi connectivity index (χ0n) is 16.2. The van der Waals surface area contributed by atoms with Crippen molar-refractivity contribution in [3.8, 4) is 11.4 Å². The molecule has 0 aliphatic carbocycles. The molecule has 0 bridgehead atoms. The quantitative estimate of drug-likeness (QED) is 0.380. The van der Waals surface area contributed by atoms with Crippen LogP contribution in [0.25, 0.3) is 21.6 Å². The number of hydrogen-bond donors (Lipinski definition) is 1. The van der Waals surface area contributed by atoms with Gasteiger partial charge in [0.15, 0.2) is 11.0 Å². The zero-order chi connectivity index (χ0) is 21.2. The molecule has 9 heteroatoms. The van der Waals surface area contributed by atoms with E-state index in [9.17, 15) is 9.18 Å². The molecule has 0 radical (unpaired) electrons. The Morgan fingerprint density at radius 1 is 1.03 bits per heavy atom. The minimum absolute atomic E-state index is 0.131. The smallest absolute Gasteiger partial charge is 0.268 e. The van der Waals surface area contributed by atoms with E-state index in [0.29, 0.717) is 39.3 Å². The molecule has 6 nitrogen and oxygen atoms in total. The third-order valence-electron chi connectivity index (χ3n) is 4.70. The SMILES string of the molecule is O=c1[nH]c(CSc2nnc(-c3ccc(F)cc3)n2Cc2ccccc2)nc2ccsc12. The predicted molar refractivity (Wildman–Crippen MR) is 121 cm³/mol. The second kappa shape index (κ2) is 8.44. The van der Waals surface area contributed by atoms with Gasteiger partial charge in [0.2, 0.25) is 0 Å². The normalized spacial score (nSPS) is 11.3. The van der Waals surface area contributed by atoms with Gasteiger partial charge in [0, 0.05) is 5.56 Å². The van der Waals surface area contributed by atoms with E-state index >= 15 is 0 Å². The summed E-state index contributed by atoms with van der Waals surface area (Å²) in [7, 11) is 0. The lowest BCUT2D eigenvalue weighted by atomic mass is 10.2. The molecule has 0 fully saturated rings. The van der Waals surface area contributed by atoms with Crippen molar-refractivity contribution in [2.75, 3.05) is 0 Å². The van der Waals surface area contributed by atoms with Gasteiger partial charge < -0.3 is 4.98 Å². The summed E-state index contributed by atoms with van der Waals surface area (Å²) in [6.45, 7) is 0.566. The molecule has 3 heterocycles. The highest BCUT2D eigenvalue weighted by atomic mass is 32.2. The third kappa shape index (κ3) is 4.14. The predicted octanol–water partition coefficient (Wildman–Crippen LogP) is 4.72.